The van der Waals surface area contributed by atoms with E-state index in [1.807, 2.05) is 13.8 Å². The zero-order valence-corrected chi connectivity index (χ0v) is 10.5. The van der Waals surface area contributed by atoms with Gasteiger partial charge in [-0.2, -0.15) is 0 Å². The molecule has 1 aromatic carbocycles. The van der Waals surface area contributed by atoms with Crippen LogP contribution < -0.4 is 4.90 Å². The van der Waals surface area contributed by atoms with Gasteiger partial charge in [-0.3, -0.25) is 0 Å². The fourth-order valence-electron chi connectivity index (χ4n) is 2.24. The molecule has 0 unspecified atom stereocenters. The third-order valence-corrected chi connectivity index (χ3v) is 3.17. The predicted octanol–water partition coefficient (Wildman–Crippen LogP) is 2.07. The maximum absolute atomic E-state index is 14.0. The van der Waals surface area contributed by atoms with Gasteiger partial charge in [0.1, 0.15) is 17.3 Å². The molecular formula is C13H17F2NO2. The van der Waals surface area contributed by atoms with E-state index in [0.717, 1.165) is 0 Å². The van der Waals surface area contributed by atoms with E-state index < -0.39 is 17.2 Å². The molecule has 2 rings (SSSR count). The van der Waals surface area contributed by atoms with Gasteiger partial charge in [0.05, 0.1) is 25.4 Å². The molecule has 100 valence electrons. The standard InChI is InChI=1S/C13H17F2NO2/c1-13(2)8-18-4-3-16(13)12-10(14)5-9(7-17)6-11(12)15/h5-6,17H,3-4,7-8H2,1-2H3. The lowest BCUT2D eigenvalue weighted by Crippen LogP contribution is -2.53. The number of morpholine rings is 1. The van der Waals surface area contributed by atoms with Gasteiger partial charge in [0.2, 0.25) is 0 Å². The van der Waals surface area contributed by atoms with Crippen molar-refractivity contribution in [2.45, 2.75) is 26.0 Å². The molecule has 18 heavy (non-hydrogen) atoms. The maximum atomic E-state index is 14.0. The van der Waals surface area contributed by atoms with E-state index in [4.69, 9.17) is 9.84 Å². The monoisotopic (exact) mass is 257 g/mol. The Kier molecular flexibility index (Phi) is 3.54. The highest BCUT2D eigenvalue weighted by atomic mass is 19.1. The van der Waals surface area contributed by atoms with Crippen molar-refractivity contribution in [3.63, 3.8) is 0 Å². The summed E-state index contributed by atoms with van der Waals surface area (Å²) < 4.78 is 33.3. The van der Waals surface area contributed by atoms with Crippen molar-refractivity contribution < 1.29 is 18.6 Å². The van der Waals surface area contributed by atoms with Crippen LogP contribution in [0.5, 0.6) is 0 Å². The predicted molar refractivity (Wildman–Crippen MR) is 64.5 cm³/mol. The number of ether oxygens (including phenoxy) is 1. The first kappa shape index (κ1) is 13.2. The number of rotatable bonds is 2. The van der Waals surface area contributed by atoms with Crippen molar-refractivity contribution in [3.05, 3.63) is 29.3 Å². The van der Waals surface area contributed by atoms with Crippen LogP contribution in [0.1, 0.15) is 19.4 Å². The summed E-state index contributed by atoms with van der Waals surface area (Å²) in [6.07, 6.45) is 0. The average molecular weight is 257 g/mol. The van der Waals surface area contributed by atoms with Gasteiger partial charge in [0, 0.05) is 6.54 Å². The molecule has 0 saturated carbocycles. The molecule has 1 N–H and O–H groups in total. The van der Waals surface area contributed by atoms with Gasteiger partial charge < -0.3 is 14.7 Å². The molecule has 3 nitrogen and oxygen atoms in total. The van der Waals surface area contributed by atoms with E-state index in [1.165, 1.54) is 12.1 Å². The second-order valence-corrected chi connectivity index (χ2v) is 5.08. The number of anilines is 1. The van der Waals surface area contributed by atoms with Crippen LogP contribution in [0.3, 0.4) is 0 Å². The molecule has 0 bridgehead atoms. The number of hydrogen-bond donors (Lipinski definition) is 1. The van der Waals surface area contributed by atoms with Gasteiger partial charge in [-0.25, -0.2) is 8.78 Å². The molecule has 1 saturated heterocycles. The zero-order chi connectivity index (χ0) is 13.3. The largest absolute Gasteiger partial charge is 0.392 e. The van der Waals surface area contributed by atoms with Crippen LogP contribution in [0.25, 0.3) is 0 Å². The first-order valence-corrected chi connectivity index (χ1v) is 5.90. The minimum Gasteiger partial charge on any atom is -0.392 e. The molecule has 0 aliphatic carbocycles. The van der Waals surface area contributed by atoms with Gasteiger partial charge in [-0.15, -0.1) is 0 Å². The van der Waals surface area contributed by atoms with Crippen LogP contribution >= 0.6 is 0 Å². The second-order valence-electron chi connectivity index (χ2n) is 5.08. The lowest BCUT2D eigenvalue weighted by Gasteiger charge is -2.43. The van der Waals surface area contributed by atoms with E-state index in [1.54, 1.807) is 4.90 Å². The Morgan fingerprint density at radius 3 is 2.44 bits per heavy atom. The number of nitrogens with zero attached hydrogens (tertiary/aromatic N) is 1. The first-order chi connectivity index (χ1) is 8.45. The molecule has 0 aromatic heterocycles. The molecule has 0 amide bonds. The third kappa shape index (κ3) is 2.33. The second kappa shape index (κ2) is 4.82. The van der Waals surface area contributed by atoms with E-state index in [9.17, 15) is 8.78 Å². The van der Waals surface area contributed by atoms with E-state index >= 15 is 0 Å². The van der Waals surface area contributed by atoms with E-state index in [0.29, 0.717) is 19.8 Å². The van der Waals surface area contributed by atoms with Crippen LogP contribution in [0.2, 0.25) is 0 Å². The van der Waals surface area contributed by atoms with Crippen molar-refractivity contribution in [3.8, 4) is 0 Å². The Balaban J connectivity index is 2.44. The van der Waals surface area contributed by atoms with E-state index in [2.05, 4.69) is 0 Å². The highest BCUT2D eigenvalue weighted by Crippen LogP contribution is 2.32. The highest BCUT2D eigenvalue weighted by Gasteiger charge is 2.34. The number of hydrogen-bond acceptors (Lipinski definition) is 3. The molecule has 0 atom stereocenters. The van der Waals surface area contributed by atoms with Crippen LogP contribution in [0.4, 0.5) is 14.5 Å². The molecule has 1 aliphatic rings. The van der Waals surface area contributed by atoms with Gasteiger partial charge in [-0.05, 0) is 31.5 Å². The van der Waals surface area contributed by atoms with Crippen molar-refractivity contribution in [1.29, 1.82) is 0 Å². The zero-order valence-electron chi connectivity index (χ0n) is 10.5. The van der Waals surface area contributed by atoms with Gasteiger partial charge in [-0.1, -0.05) is 0 Å². The normalized spacial score (nSPS) is 19.1. The third-order valence-electron chi connectivity index (χ3n) is 3.17. The number of halogens is 2. The smallest absolute Gasteiger partial charge is 0.149 e. The maximum Gasteiger partial charge on any atom is 0.149 e. The van der Waals surface area contributed by atoms with Crippen molar-refractivity contribution in [2.75, 3.05) is 24.7 Å². The van der Waals surface area contributed by atoms with Gasteiger partial charge in [0.15, 0.2) is 0 Å². The Labute approximate surface area is 105 Å². The fraction of sp³-hybridized carbons (Fsp3) is 0.538. The van der Waals surface area contributed by atoms with Crippen LogP contribution in [-0.4, -0.2) is 30.4 Å². The van der Waals surface area contributed by atoms with Crippen LogP contribution in [-0.2, 0) is 11.3 Å². The first-order valence-electron chi connectivity index (χ1n) is 5.90. The summed E-state index contributed by atoms with van der Waals surface area (Å²) in [6.45, 7) is 4.70. The van der Waals surface area contributed by atoms with E-state index in [-0.39, 0.29) is 17.9 Å². The summed E-state index contributed by atoms with van der Waals surface area (Å²) in [4.78, 5) is 1.68. The lowest BCUT2D eigenvalue weighted by atomic mass is 10.0. The van der Waals surface area contributed by atoms with Crippen molar-refractivity contribution >= 4 is 5.69 Å². The Morgan fingerprint density at radius 2 is 1.94 bits per heavy atom. The SMILES string of the molecule is CC1(C)COCCN1c1c(F)cc(CO)cc1F. The van der Waals surface area contributed by atoms with Crippen molar-refractivity contribution in [2.24, 2.45) is 0 Å². The number of benzene rings is 1. The number of aliphatic hydroxyl groups is 1. The molecular weight excluding hydrogens is 240 g/mol. The minimum absolute atomic E-state index is 0.0412. The summed E-state index contributed by atoms with van der Waals surface area (Å²) in [5.41, 5.74) is -0.263. The molecule has 0 radical (unpaired) electrons. The van der Waals surface area contributed by atoms with Gasteiger partial charge >= 0.3 is 0 Å². The summed E-state index contributed by atoms with van der Waals surface area (Å²) in [5, 5.41) is 8.92. The minimum atomic E-state index is -0.644. The summed E-state index contributed by atoms with van der Waals surface area (Å²) in [5.74, 6) is -1.29. The Hall–Kier alpha value is -1.20. The fourth-order valence-corrected chi connectivity index (χ4v) is 2.24. The van der Waals surface area contributed by atoms with Gasteiger partial charge in [0.25, 0.3) is 0 Å². The molecule has 1 fully saturated rings. The molecule has 5 heteroatoms. The molecule has 1 heterocycles. The van der Waals surface area contributed by atoms with Crippen LogP contribution in [0.15, 0.2) is 12.1 Å². The van der Waals surface area contributed by atoms with Crippen molar-refractivity contribution in [1.82, 2.24) is 0 Å². The Morgan fingerprint density at radius 1 is 1.33 bits per heavy atom. The summed E-state index contributed by atoms with van der Waals surface area (Å²) in [7, 11) is 0. The average Bonchev–Trinajstić information content (AvgIpc) is 2.29. The Bertz CT molecular complexity index is 426. The summed E-state index contributed by atoms with van der Waals surface area (Å²) >= 11 is 0. The van der Waals surface area contributed by atoms with Crippen LogP contribution in [0, 0.1) is 11.6 Å². The molecule has 0 spiro atoms. The lowest BCUT2D eigenvalue weighted by molar-refractivity contribution is 0.0635. The highest BCUT2D eigenvalue weighted by molar-refractivity contribution is 5.53. The quantitative estimate of drug-likeness (QED) is 0.880. The summed E-state index contributed by atoms with van der Waals surface area (Å²) in [6, 6.07) is 2.34. The molecule has 1 aliphatic heterocycles. The topological polar surface area (TPSA) is 32.7 Å². The molecule has 1 aromatic rings. The number of aliphatic hydroxyl groups excluding tert-OH is 1.